The minimum absolute atomic E-state index is 0.0297. The number of rotatable bonds is 4. The minimum Gasteiger partial charge on any atom is -0.493 e. The van der Waals surface area contributed by atoms with Gasteiger partial charge in [-0.3, -0.25) is 14.7 Å². The molecule has 2 aromatic carbocycles. The van der Waals surface area contributed by atoms with Crippen molar-refractivity contribution in [2.45, 2.75) is 6.92 Å². The van der Waals surface area contributed by atoms with E-state index in [9.17, 15) is 19.5 Å². The van der Waals surface area contributed by atoms with Crippen LogP contribution in [0.15, 0.2) is 59.4 Å². The number of ether oxygens (including phenoxy) is 1. The van der Waals surface area contributed by atoms with E-state index in [1.807, 2.05) is 12.1 Å². The zero-order valence-corrected chi connectivity index (χ0v) is 16.1. The Morgan fingerprint density at radius 1 is 1.10 bits per heavy atom. The van der Waals surface area contributed by atoms with Crippen molar-refractivity contribution in [1.82, 2.24) is 9.78 Å². The lowest BCUT2D eigenvalue weighted by atomic mass is 9.90. The topological polar surface area (TPSA) is 101 Å². The van der Waals surface area contributed by atoms with E-state index in [4.69, 9.17) is 4.74 Å². The summed E-state index contributed by atoms with van der Waals surface area (Å²) in [6.45, 7) is 1.98. The first kappa shape index (κ1) is 19.2. The van der Waals surface area contributed by atoms with Gasteiger partial charge in [0.15, 0.2) is 5.78 Å². The number of esters is 1. The van der Waals surface area contributed by atoms with Gasteiger partial charge in [-0.25, -0.2) is 9.48 Å². The number of hydrogen-bond acceptors (Lipinski definition) is 5. The second-order valence-corrected chi connectivity index (χ2v) is 6.62. The van der Waals surface area contributed by atoms with Crippen molar-refractivity contribution in [3.05, 3.63) is 87.2 Å². The molecule has 0 radical (unpaired) electrons. The third-order valence-electron chi connectivity index (χ3n) is 4.77. The first-order valence-corrected chi connectivity index (χ1v) is 9.34. The number of hydrogen-bond donors (Lipinski definition) is 2. The number of ketones is 1. The summed E-state index contributed by atoms with van der Waals surface area (Å²) < 4.78 is 6.14. The van der Waals surface area contributed by atoms with Crippen molar-refractivity contribution in [1.29, 1.82) is 0 Å². The van der Waals surface area contributed by atoms with Crippen molar-refractivity contribution in [2.24, 2.45) is 0 Å². The van der Waals surface area contributed by atoms with E-state index in [1.54, 1.807) is 37.3 Å². The molecule has 0 saturated carbocycles. The minimum atomic E-state index is -0.547. The molecular weight excluding hydrogens is 384 g/mol. The predicted octanol–water partition coefficient (Wildman–Crippen LogP) is 3.18. The Labute approximate surface area is 171 Å². The van der Waals surface area contributed by atoms with Crippen LogP contribution in [0.1, 0.15) is 34.0 Å². The molecule has 7 nitrogen and oxygen atoms in total. The van der Waals surface area contributed by atoms with Crippen LogP contribution in [0.25, 0.3) is 23.4 Å². The molecule has 0 atom stereocenters. The number of aromatic nitrogens is 2. The fourth-order valence-corrected chi connectivity index (χ4v) is 3.28. The lowest BCUT2D eigenvalue weighted by molar-refractivity contribution is -0.109. The number of carbonyl (C=O) groups excluding carboxylic acids is 2. The normalized spacial score (nSPS) is 14.0. The smallest absolute Gasteiger partial charge is 0.338 e. The van der Waals surface area contributed by atoms with Gasteiger partial charge in [-0.2, -0.15) is 0 Å². The molecule has 1 heterocycles. The van der Waals surface area contributed by atoms with Gasteiger partial charge in [0.2, 0.25) is 5.88 Å². The van der Waals surface area contributed by atoms with Gasteiger partial charge in [0.05, 0.1) is 17.9 Å². The zero-order chi connectivity index (χ0) is 21.3. The van der Waals surface area contributed by atoms with Crippen LogP contribution in [0.2, 0.25) is 0 Å². The van der Waals surface area contributed by atoms with Gasteiger partial charge in [0, 0.05) is 5.57 Å². The Hall–Kier alpha value is -4.13. The van der Waals surface area contributed by atoms with Crippen LogP contribution >= 0.6 is 0 Å². The summed E-state index contributed by atoms with van der Waals surface area (Å²) >= 11 is 0. The lowest BCUT2D eigenvalue weighted by Gasteiger charge is -2.12. The van der Waals surface area contributed by atoms with Crippen molar-refractivity contribution in [3.63, 3.8) is 0 Å². The van der Waals surface area contributed by atoms with E-state index in [-0.39, 0.29) is 23.8 Å². The van der Waals surface area contributed by atoms with Crippen LogP contribution in [-0.4, -0.2) is 33.2 Å². The fourth-order valence-electron chi connectivity index (χ4n) is 3.28. The lowest BCUT2D eigenvalue weighted by Crippen LogP contribution is -2.08. The molecule has 0 aliphatic heterocycles. The highest BCUT2D eigenvalue weighted by Crippen LogP contribution is 2.30. The molecule has 0 bridgehead atoms. The highest BCUT2D eigenvalue weighted by Gasteiger charge is 2.20. The molecular formula is C23H18N2O5. The molecule has 3 aromatic rings. The Balaban J connectivity index is 1.74. The molecule has 1 aliphatic rings. The first-order chi connectivity index (χ1) is 14.5. The number of benzene rings is 2. The molecule has 1 aliphatic carbocycles. The van der Waals surface area contributed by atoms with E-state index in [0.29, 0.717) is 22.4 Å². The predicted molar refractivity (Wildman–Crippen MR) is 112 cm³/mol. The molecule has 0 amide bonds. The Morgan fingerprint density at radius 3 is 2.57 bits per heavy atom. The summed E-state index contributed by atoms with van der Waals surface area (Å²) in [4.78, 5) is 36.7. The molecule has 30 heavy (non-hydrogen) atoms. The maximum Gasteiger partial charge on any atom is 0.338 e. The number of nitrogens with zero attached hydrogens (tertiary/aromatic N) is 1. The maximum atomic E-state index is 12.5. The maximum absolute atomic E-state index is 12.5. The summed E-state index contributed by atoms with van der Waals surface area (Å²) in [5.74, 6) is -1.04. The van der Waals surface area contributed by atoms with Crippen LogP contribution in [0.5, 0.6) is 5.88 Å². The second-order valence-electron chi connectivity index (χ2n) is 6.62. The first-order valence-electron chi connectivity index (χ1n) is 9.34. The number of allylic oxidation sites excluding steroid dienone is 2. The Bertz CT molecular complexity index is 1260. The number of aromatic amines is 1. The van der Waals surface area contributed by atoms with Gasteiger partial charge >= 0.3 is 5.97 Å². The van der Waals surface area contributed by atoms with Gasteiger partial charge in [0.25, 0.3) is 5.56 Å². The molecule has 7 heteroatoms. The standard InChI is InChI=1S/C23H18N2O5/c1-2-30-23(29)15-7-10-16(11-8-15)25-22(28)19(21(27)24-25)13-18-17-6-4-3-5-14(17)9-12-20(18)26/h3-13,28H,2H2,1H3,(H,24,27)/b18-13-. The highest BCUT2D eigenvalue weighted by atomic mass is 16.5. The number of H-pyrrole nitrogens is 1. The zero-order valence-electron chi connectivity index (χ0n) is 16.1. The SMILES string of the molecule is CCOC(=O)c1ccc(-n2[nH]c(=O)c(/C=C3\C(=O)C=Cc4ccccc43)c2O)cc1. The van der Waals surface area contributed by atoms with Gasteiger partial charge in [0.1, 0.15) is 5.56 Å². The molecule has 0 spiro atoms. The number of nitrogens with one attached hydrogen (secondary N) is 1. The van der Waals surface area contributed by atoms with E-state index >= 15 is 0 Å². The van der Waals surface area contributed by atoms with Crippen LogP contribution in [-0.2, 0) is 9.53 Å². The summed E-state index contributed by atoms with van der Waals surface area (Å²) in [7, 11) is 0. The van der Waals surface area contributed by atoms with Crippen molar-refractivity contribution < 1.29 is 19.4 Å². The molecule has 2 N–H and O–H groups in total. The van der Waals surface area contributed by atoms with Crippen LogP contribution in [0.4, 0.5) is 0 Å². The second kappa shape index (κ2) is 7.71. The third-order valence-corrected chi connectivity index (χ3v) is 4.77. The molecule has 0 unspecified atom stereocenters. The highest BCUT2D eigenvalue weighted by molar-refractivity contribution is 6.33. The average Bonchev–Trinajstić information content (AvgIpc) is 3.04. The molecule has 150 valence electrons. The van der Waals surface area contributed by atoms with Crippen molar-refractivity contribution in [3.8, 4) is 11.6 Å². The van der Waals surface area contributed by atoms with Crippen LogP contribution < -0.4 is 5.56 Å². The van der Waals surface area contributed by atoms with E-state index in [0.717, 1.165) is 5.56 Å². The van der Waals surface area contributed by atoms with E-state index in [1.165, 1.54) is 29.0 Å². The number of carbonyl (C=O) groups is 2. The summed E-state index contributed by atoms with van der Waals surface area (Å²) in [5, 5.41) is 13.2. The molecule has 0 saturated heterocycles. The average molecular weight is 402 g/mol. The van der Waals surface area contributed by atoms with E-state index < -0.39 is 11.5 Å². The summed E-state index contributed by atoms with van der Waals surface area (Å²) in [6, 6.07) is 13.5. The van der Waals surface area contributed by atoms with Gasteiger partial charge in [-0.05, 0) is 54.5 Å². The van der Waals surface area contributed by atoms with E-state index in [2.05, 4.69) is 5.10 Å². The fraction of sp³-hybridized carbons (Fsp3) is 0.0870. The Kier molecular flexibility index (Phi) is 4.93. The van der Waals surface area contributed by atoms with Crippen molar-refractivity contribution >= 4 is 29.5 Å². The largest absolute Gasteiger partial charge is 0.493 e. The third kappa shape index (κ3) is 3.37. The van der Waals surface area contributed by atoms with Crippen molar-refractivity contribution in [2.75, 3.05) is 6.61 Å². The number of aromatic hydroxyl groups is 1. The van der Waals surface area contributed by atoms with Gasteiger partial charge in [-0.1, -0.05) is 30.3 Å². The van der Waals surface area contributed by atoms with Gasteiger partial charge in [-0.15, -0.1) is 0 Å². The number of fused-ring (bicyclic) bond motifs is 1. The summed E-state index contributed by atoms with van der Waals surface area (Å²) in [5.41, 5.74) is 2.09. The monoisotopic (exact) mass is 402 g/mol. The van der Waals surface area contributed by atoms with Gasteiger partial charge < -0.3 is 9.84 Å². The summed E-state index contributed by atoms with van der Waals surface area (Å²) in [6.07, 6.45) is 4.54. The molecule has 1 aromatic heterocycles. The Morgan fingerprint density at radius 2 is 1.83 bits per heavy atom. The van der Waals surface area contributed by atoms with Crippen LogP contribution in [0, 0.1) is 0 Å². The quantitative estimate of drug-likeness (QED) is 0.516. The van der Waals surface area contributed by atoms with Crippen LogP contribution in [0.3, 0.4) is 0 Å². The molecule has 0 fully saturated rings. The molecule has 4 rings (SSSR count).